The van der Waals surface area contributed by atoms with Gasteiger partial charge >= 0.3 is 6.03 Å². The van der Waals surface area contributed by atoms with Gasteiger partial charge in [0.2, 0.25) is 5.89 Å². The molecule has 0 fully saturated rings. The fourth-order valence-electron chi connectivity index (χ4n) is 3.04. The first-order valence-electron chi connectivity index (χ1n) is 10.6. The molecule has 35 heavy (non-hydrogen) atoms. The van der Waals surface area contributed by atoms with Crippen LogP contribution in [0.25, 0.3) is 21.6 Å². The highest BCUT2D eigenvalue weighted by Crippen LogP contribution is 2.28. The first kappa shape index (κ1) is 24.7. The van der Waals surface area contributed by atoms with Crippen LogP contribution in [0.1, 0.15) is 25.6 Å². The highest BCUT2D eigenvalue weighted by molar-refractivity contribution is 7.90. The summed E-state index contributed by atoms with van der Waals surface area (Å²) in [7, 11) is -3.33. The lowest BCUT2D eigenvalue weighted by Gasteiger charge is -2.14. The van der Waals surface area contributed by atoms with Gasteiger partial charge in [-0.15, -0.1) is 0 Å². The first-order valence-corrected chi connectivity index (χ1v) is 13.3. The minimum absolute atomic E-state index is 0.124. The van der Waals surface area contributed by atoms with Gasteiger partial charge in [-0.25, -0.2) is 23.2 Å². The highest BCUT2D eigenvalue weighted by Gasteiger charge is 2.26. The van der Waals surface area contributed by atoms with E-state index in [2.05, 4.69) is 30.7 Å². The van der Waals surface area contributed by atoms with Crippen molar-refractivity contribution in [3.8, 4) is 11.3 Å². The maximum Gasteiger partial charge on any atom is 0.321 e. The molecule has 4 rings (SSSR count). The third kappa shape index (κ3) is 5.81. The monoisotopic (exact) mass is 516 g/mol. The number of benzene rings is 1. The summed E-state index contributed by atoms with van der Waals surface area (Å²) >= 11 is 1.21. The molecule has 0 unspecified atom stereocenters. The molecule has 0 saturated heterocycles. The largest absolute Gasteiger partial charge is 0.395 e. The molecular weight excluding hydrogens is 492 g/mol. The number of amides is 2. The highest BCUT2D eigenvalue weighted by atomic mass is 32.2. The first-order chi connectivity index (χ1) is 16.5. The molecule has 0 bridgehead atoms. The van der Waals surface area contributed by atoms with Crippen LogP contribution in [-0.4, -0.2) is 59.1 Å². The van der Waals surface area contributed by atoms with E-state index in [0.29, 0.717) is 44.9 Å². The van der Waals surface area contributed by atoms with Crippen molar-refractivity contribution in [1.29, 1.82) is 0 Å². The van der Waals surface area contributed by atoms with Gasteiger partial charge < -0.3 is 14.9 Å². The predicted octanol–water partition coefficient (Wildman–Crippen LogP) is 2.78. The summed E-state index contributed by atoms with van der Waals surface area (Å²) < 4.78 is 28.9. The van der Waals surface area contributed by atoms with Crippen molar-refractivity contribution in [3.63, 3.8) is 0 Å². The van der Waals surface area contributed by atoms with Crippen LogP contribution in [0.15, 0.2) is 45.8 Å². The average molecular weight is 517 g/mol. The van der Waals surface area contributed by atoms with Gasteiger partial charge in [-0.1, -0.05) is 28.6 Å². The number of hydrogen-bond donors (Lipinski definition) is 3. The number of anilines is 1. The van der Waals surface area contributed by atoms with E-state index in [1.807, 2.05) is 0 Å². The van der Waals surface area contributed by atoms with Crippen molar-refractivity contribution < 1.29 is 22.8 Å². The van der Waals surface area contributed by atoms with Crippen LogP contribution in [0, 0.1) is 0 Å². The number of thiazole rings is 1. The standard InChI is InChI=1S/C22H24N6O5S2/c1-22(2,12-29)19-26-17(28-33-19)9-10-23-20(30)27-21-25-16-8-7-15(24-18(16)34-21)13-5-4-6-14(11-13)35(3,31)32/h4-8,11,29H,9-10,12H2,1-3H3,(H2,23,25,27,30). The van der Waals surface area contributed by atoms with Crippen LogP contribution in [0.5, 0.6) is 0 Å². The number of carbonyl (C=O) groups excluding carboxylic acids is 1. The Balaban J connectivity index is 1.38. The van der Waals surface area contributed by atoms with Crippen molar-refractivity contribution in [2.75, 3.05) is 24.7 Å². The molecule has 3 N–H and O–H groups in total. The molecule has 0 spiro atoms. The maximum atomic E-state index is 12.3. The van der Waals surface area contributed by atoms with Crippen LogP contribution in [0.2, 0.25) is 0 Å². The number of aliphatic hydroxyl groups excluding tert-OH is 1. The summed E-state index contributed by atoms with van der Waals surface area (Å²) in [4.78, 5) is 26.3. The van der Waals surface area contributed by atoms with Crippen LogP contribution < -0.4 is 10.6 Å². The number of carbonyl (C=O) groups is 1. The molecule has 13 heteroatoms. The Morgan fingerprint density at radius 3 is 2.71 bits per heavy atom. The lowest BCUT2D eigenvalue weighted by molar-refractivity contribution is 0.182. The molecule has 0 aliphatic carbocycles. The predicted molar refractivity (Wildman–Crippen MR) is 131 cm³/mol. The molecular formula is C22H24N6O5S2. The normalized spacial score (nSPS) is 12.1. The number of nitrogens with zero attached hydrogens (tertiary/aromatic N) is 4. The molecule has 0 radical (unpaired) electrons. The van der Waals surface area contributed by atoms with Gasteiger partial charge in [-0.05, 0) is 38.1 Å². The summed E-state index contributed by atoms with van der Waals surface area (Å²) in [6.45, 7) is 3.73. The number of aromatic nitrogens is 4. The van der Waals surface area contributed by atoms with E-state index < -0.39 is 21.3 Å². The minimum atomic E-state index is -3.33. The molecule has 1 aromatic carbocycles. The molecule has 2 amide bonds. The smallest absolute Gasteiger partial charge is 0.321 e. The molecule has 0 aliphatic heterocycles. The van der Waals surface area contributed by atoms with Crippen LogP contribution in [-0.2, 0) is 21.7 Å². The summed E-state index contributed by atoms with van der Waals surface area (Å²) in [6.07, 6.45) is 1.52. The molecule has 3 heterocycles. The molecule has 184 valence electrons. The van der Waals surface area contributed by atoms with Crippen LogP contribution >= 0.6 is 11.3 Å². The average Bonchev–Trinajstić information content (AvgIpc) is 3.45. The third-order valence-electron chi connectivity index (χ3n) is 5.11. The fourth-order valence-corrected chi connectivity index (χ4v) is 4.54. The Kier molecular flexibility index (Phi) is 6.83. The molecule has 0 aliphatic rings. The topological polar surface area (TPSA) is 160 Å². The van der Waals surface area contributed by atoms with E-state index in [9.17, 15) is 18.3 Å². The number of aliphatic hydroxyl groups is 1. The molecule has 4 aromatic rings. The Labute approximate surface area is 205 Å². The lowest BCUT2D eigenvalue weighted by Crippen LogP contribution is -2.30. The third-order valence-corrected chi connectivity index (χ3v) is 7.10. The minimum Gasteiger partial charge on any atom is -0.395 e. The second kappa shape index (κ2) is 9.68. The van der Waals surface area contributed by atoms with Gasteiger partial charge in [0.05, 0.1) is 22.6 Å². The molecule has 11 nitrogen and oxygen atoms in total. The van der Waals surface area contributed by atoms with Gasteiger partial charge in [0, 0.05) is 24.8 Å². The van der Waals surface area contributed by atoms with Crippen molar-refractivity contribution in [2.45, 2.75) is 30.6 Å². The number of fused-ring (bicyclic) bond motifs is 1. The van der Waals surface area contributed by atoms with Crippen molar-refractivity contribution in [2.24, 2.45) is 0 Å². The van der Waals surface area contributed by atoms with Gasteiger partial charge in [0.15, 0.2) is 20.8 Å². The Morgan fingerprint density at radius 2 is 1.97 bits per heavy atom. The molecule has 0 atom stereocenters. The van der Waals surface area contributed by atoms with Crippen molar-refractivity contribution in [1.82, 2.24) is 25.4 Å². The van der Waals surface area contributed by atoms with Gasteiger partial charge in [-0.2, -0.15) is 4.98 Å². The van der Waals surface area contributed by atoms with E-state index in [1.165, 1.54) is 17.4 Å². The van der Waals surface area contributed by atoms with Crippen LogP contribution in [0.4, 0.5) is 9.93 Å². The van der Waals surface area contributed by atoms with E-state index in [0.717, 1.165) is 6.26 Å². The zero-order valence-corrected chi connectivity index (χ0v) is 20.9. The second-order valence-electron chi connectivity index (χ2n) is 8.53. The molecule has 0 saturated carbocycles. The fraction of sp³-hybridized carbons (Fsp3) is 0.318. The lowest BCUT2D eigenvalue weighted by atomic mass is 9.95. The summed E-state index contributed by atoms with van der Waals surface area (Å²) in [5.41, 5.74) is 1.25. The Hall–Kier alpha value is -3.42. The van der Waals surface area contributed by atoms with E-state index in [-0.39, 0.29) is 18.0 Å². The number of sulfone groups is 1. The number of hydrogen-bond acceptors (Lipinski definition) is 10. The molecule has 3 aromatic heterocycles. The second-order valence-corrected chi connectivity index (χ2v) is 11.5. The van der Waals surface area contributed by atoms with Crippen molar-refractivity contribution in [3.05, 3.63) is 48.1 Å². The number of rotatable bonds is 8. The number of urea groups is 1. The maximum absolute atomic E-state index is 12.3. The number of nitrogens with one attached hydrogen (secondary N) is 2. The van der Waals surface area contributed by atoms with E-state index in [1.54, 1.807) is 44.2 Å². The number of pyridine rings is 1. The summed E-state index contributed by atoms with van der Waals surface area (Å²) in [5.74, 6) is 0.766. The SMILES string of the molecule is CC(C)(CO)c1nc(CCNC(=O)Nc2nc3ccc(-c4cccc(S(C)(=O)=O)c4)nc3s2)no1. The Bertz CT molecular complexity index is 1480. The summed E-state index contributed by atoms with van der Waals surface area (Å²) in [6, 6.07) is 9.66. The quantitative estimate of drug-likeness (QED) is 0.320. The van der Waals surface area contributed by atoms with Gasteiger partial charge in [0.25, 0.3) is 0 Å². The van der Waals surface area contributed by atoms with E-state index in [4.69, 9.17) is 4.52 Å². The Morgan fingerprint density at radius 1 is 1.17 bits per heavy atom. The van der Waals surface area contributed by atoms with Gasteiger partial charge in [0.1, 0.15) is 10.3 Å². The zero-order chi connectivity index (χ0) is 25.2. The summed E-state index contributed by atoms with van der Waals surface area (Å²) in [5, 5.41) is 19.0. The van der Waals surface area contributed by atoms with Gasteiger partial charge in [-0.3, -0.25) is 5.32 Å². The van der Waals surface area contributed by atoms with Crippen molar-refractivity contribution >= 4 is 42.7 Å². The van der Waals surface area contributed by atoms with Crippen LogP contribution in [0.3, 0.4) is 0 Å². The zero-order valence-electron chi connectivity index (χ0n) is 19.3. The van der Waals surface area contributed by atoms with E-state index >= 15 is 0 Å².